The number of allylic oxidation sites excluding steroid dienone is 1. The molecule has 0 aliphatic heterocycles. The van der Waals surface area contributed by atoms with Crippen LogP contribution in [0.5, 0.6) is 0 Å². The van der Waals surface area contributed by atoms with Crippen LogP contribution in [0.2, 0.25) is 0 Å². The van der Waals surface area contributed by atoms with Gasteiger partial charge in [-0.1, -0.05) is 36.4 Å². The zero-order chi connectivity index (χ0) is 13.5. The van der Waals surface area contributed by atoms with Gasteiger partial charge in [0.15, 0.2) is 0 Å². The van der Waals surface area contributed by atoms with Gasteiger partial charge in [-0.25, -0.2) is 5.43 Å². The Morgan fingerprint density at radius 1 is 1.37 bits per heavy atom. The summed E-state index contributed by atoms with van der Waals surface area (Å²) in [5.41, 5.74) is 4.33. The molecule has 1 heterocycles. The van der Waals surface area contributed by atoms with Crippen molar-refractivity contribution in [2.75, 3.05) is 5.43 Å². The fraction of sp³-hybridized carbons (Fsp3) is 0.0769. The minimum atomic E-state index is -0.329. The number of aromatic nitrogens is 3. The predicted octanol–water partition coefficient (Wildman–Crippen LogP) is 1.67. The van der Waals surface area contributed by atoms with E-state index in [1.807, 2.05) is 43.3 Å². The number of aromatic amines is 1. The fourth-order valence-corrected chi connectivity index (χ4v) is 1.41. The Labute approximate surface area is 109 Å². The van der Waals surface area contributed by atoms with Gasteiger partial charge in [0.25, 0.3) is 5.56 Å². The lowest BCUT2D eigenvalue weighted by Gasteiger charge is -1.97. The first-order valence-electron chi connectivity index (χ1n) is 5.68. The Morgan fingerprint density at radius 2 is 2.16 bits per heavy atom. The molecule has 0 saturated heterocycles. The summed E-state index contributed by atoms with van der Waals surface area (Å²) in [4.78, 5) is 13.4. The maximum absolute atomic E-state index is 11.0. The summed E-state index contributed by atoms with van der Waals surface area (Å²) >= 11 is 0. The van der Waals surface area contributed by atoms with E-state index in [1.54, 1.807) is 6.21 Å². The van der Waals surface area contributed by atoms with Gasteiger partial charge in [-0.05, 0) is 18.1 Å². The molecule has 2 N–H and O–H groups in total. The number of hydrogen-bond acceptors (Lipinski definition) is 5. The van der Waals surface area contributed by atoms with Gasteiger partial charge in [0.1, 0.15) is 6.20 Å². The molecule has 0 spiro atoms. The van der Waals surface area contributed by atoms with Crippen molar-refractivity contribution in [1.29, 1.82) is 0 Å². The van der Waals surface area contributed by atoms with Gasteiger partial charge in [-0.15, -0.1) is 10.2 Å². The molecule has 0 radical (unpaired) electrons. The van der Waals surface area contributed by atoms with Crippen LogP contribution in [0.25, 0.3) is 6.08 Å². The van der Waals surface area contributed by atoms with E-state index < -0.39 is 0 Å². The number of nitrogens with zero attached hydrogens (tertiary/aromatic N) is 3. The maximum atomic E-state index is 11.0. The van der Waals surface area contributed by atoms with Gasteiger partial charge in [-0.3, -0.25) is 9.78 Å². The standard InChI is InChI=1S/C13H13N5O/c1-10(7-11-5-3-2-4-6-11)8-14-17-13-16-12(19)9-15-18-13/h2-9H,1H3,(H2,16,17,18,19)/b10-7+,14-8-. The summed E-state index contributed by atoms with van der Waals surface area (Å²) in [6, 6.07) is 9.92. The van der Waals surface area contributed by atoms with Crippen LogP contribution in [0.15, 0.2) is 52.0 Å². The molecule has 0 aliphatic carbocycles. The largest absolute Gasteiger partial charge is 0.289 e. The molecule has 0 fully saturated rings. The SMILES string of the molecule is CC(/C=N\Nc1nncc(=O)[nH]1)=C\c1ccccc1. The topological polar surface area (TPSA) is 83.0 Å². The monoisotopic (exact) mass is 255 g/mol. The molecule has 96 valence electrons. The number of anilines is 1. The van der Waals surface area contributed by atoms with E-state index in [-0.39, 0.29) is 11.5 Å². The lowest BCUT2D eigenvalue weighted by molar-refractivity contribution is 0.939. The number of hydrazone groups is 1. The Morgan fingerprint density at radius 3 is 2.89 bits per heavy atom. The Kier molecular flexibility index (Phi) is 4.17. The normalized spacial score (nSPS) is 11.7. The summed E-state index contributed by atoms with van der Waals surface area (Å²) in [5.74, 6) is 0.205. The highest BCUT2D eigenvalue weighted by Crippen LogP contribution is 2.04. The van der Waals surface area contributed by atoms with Crippen LogP contribution >= 0.6 is 0 Å². The van der Waals surface area contributed by atoms with Crippen molar-refractivity contribution < 1.29 is 0 Å². The van der Waals surface area contributed by atoms with Gasteiger partial charge < -0.3 is 0 Å². The summed E-state index contributed by atoms with van der Waals surface area (Å²) in [7, 11) is 0. The van der Waals surface area contributed by atoms with E-state index >= 15 is 0 Å². The van der Waals surface area contributed by atoms with Crippen molar-refractivity contribution in [2.45, 2.75) is 6.92 Å². The van der Waals surface area contributed by atoms with Gasteiger partial charge >= 0.3 is 0 Å². The van der Waals surface area contributed by atoms with Gasteiger partial charge in [-0.2, -0.15) is 5.10 Å². The molecule has 0 amide bonds. The van der Waals surface area contributed by atoms with Crippen LogP contribution in [-0.4, -0.2) is 21.4 Å². The molecule has 2 aromatic rings. The van der Waals surface area contributed by atoms with E-state index in [2.05, 4.69) is 25.7 Å². The van der Waals surface area contributed by atoms with Crippen LogP contribution in [0.3, 0.4) is 0 Å². The van der Waals surface area contributed by atoms with Crippen molar-refractivity contribution in [3.63, 3.8) is 0 Å². The van der Waals surface area contributed by atoms with E-state index in [9.17, 15) is 4.79 Å². The second-order valence-electron chi connectivity index (χ2n) is 3.85. The number of benzene rings is 1. The molecular formula is C13H13N5O. The minimum Gasteiger partial charge on any atom is -0.289 e. The maximum Gasteiger partial charge on any atom is 0.271 e. The molecule has 6 heteroatoms. The van der Waals surface area contributed by atoms with Gasteiger partial charge in [0, 0.05) is 0 Å². The number of hydrogen-bond donors (Lipinski definition) is 2. The number of nitrogens with one attached hydrogen (secondary N) is 2. The smallest absolute Gasteiger partial charge is 0.271 e. The summed E-state index contributed by atoms with van der Waals surface area (Å²) in [5, 5.41) is 11.1. The molecule has 19 heavy (non-hydrogen) atoms. The van der Waals surface area contributed by atoms with Gasteiger partial charge in [0.05, 0.1) is 6.21 Å². The predicted molar refractivity (Wildman–Crippen MR) is 74.9 cm³/mol. The van der Waals surface area contributed by atoms with Crippen LogP contribution in [-0.2, 0) is 0 Å². The molecule has 6 nitrogen and oxygen atoms in total. The highest BCUT2D eigenvalue weighted by Gasteiger charge is 1.92. The van der Waals surface area contributed by atoms with E-state index in [0.717, 1.165) is 17.3 Å². The highest BCUT2D eigenvalue weighted by atomic mass is 16.1. The Hall–Kier alpha value is -2.76. The van der Waals surface area contributed by atoms with Crippen molar-refractivity contribution in [1.82, 2.24) is 15.2 Å². The second-order valence-corrected chi connectivity index (χ2v) is 3.85. The van der Waals surface area contributed by atoms with Crippen molar-refractivity contribution in [3.05, 3.63) is 58.0 Å². The Balaban J connectivity index is 1.99. The summed E-state index contributed by atoms with van der Waals surface area (Å²) in [6.45, 7) is 1.93. The van der Waals surface area contributed by atoms with Crippen molar-refractivity contribution in [2.24, 2.45) is 5.10 Å². The first-order valence-corrected chi connectivity index (χ1v) is 5.68. The van der Waals surface area contributed by atoms with Crippen molar-refractivity contribution in [3.8, 4) is 0 Å². The minimum absolute atomic E-state index is 0.205. The Bertz CT molecular complexity index is 645. The number of H-pyrrole nitrogens is 1. The third-order valence-corrected chi connectivity index (χ3v) is 2.21. The molecule has 0 unspecified atom stereocenters. The van der Waals surface area contributed by atoms with Crippen molar-refractivity contribution >= 4 is 18.2 Å². The lowest BCUT2D eigenvalue weighted by atomic mass is 10.1. The van der Waals surface area contributed by atoms with Crippen LogP contribution in [0.4, 0.5) is 5.95 Å². The van der Waals surface area contributed by atoms with E-state index in [1.165, 1.54) is 0 Å². The third kappa shape index (κ3) is 4.19. The average Bonchev–Trinajstić information content (AvgIpc) is 2.40. The molecule has 0 bridgehead atoms. The van der Waals surface area contributed by atoms with Crippen LogP contribution < -0.4 is 11.0 Å². The molecule has 0 saturated carbocycles. The van der Waals surface area contributed by atoms with E-state index in [0.29, 0.717) is 0 Å². The molecule has 0 aliphatic rings. The summed E-state index contributed by atoms with van der Waals surface area (Å²) in [6.07, 6.45) is 4.72. The fourth-order valence-electron chi connectivity index (χ4n) is 1.41. The molecule has 1 aromatic heterocycles. The lowest BCUT2D eigenvalue weighted by Crippen LogP contribution is -2.10. The second kappa shape index (κ2) is 6.25. The van der Waals surface area contributed by atoms with Crippen LogP contribution in [0.1, 0.15) is 12.5 Å². The quantitative estimate of drug-likeness (QED) is 0.643. The zero-order valence-electron chi connectivity index (χ0n) is 10.4. The molecule has 1 aromatic carbocycles. The third-order valence-electron chi connectivity index (χ3n) is 2.21. The average molecular weight is 255 g/mol. The molecular weight excluding hydrogens is 242 g/mol. The van der Waals surface area contributed by atoms with Crippen LogP contribution in [0, 0.1) is 0 Å². The number of rotatable bonds is 4. The summed E-state index contributed by atoms with van der Waals surface area (Å²) < 4.78 is 0. The van der Waals surface area contributed by atoms with E-state index in [4.69, 9.17) is 0 Å². The first-order chi connectivity index (χ1) is 9.24. The highest BCUT2D eigenvalue weighted by molar-refractivity contribution is 5.85. The molecule has 0 atom stereocenters. The first kappa shape index (κ1) is 12.7. The zero-order valence-corrected chi connectivity index (χ0v) is 10.4. The molecule has 2 rings (SSSR count). The van der Waals surface area contributed by atoms with Gasteiger partial charge in [0.2, 0.25) is 5.95 Å².